The first-order chi connectivity index (χ1) is 14.9. The summed E-state index contributed by atoms with van der Waals surface area (Å²) in [6, 6.07) is 3.77. The fraction of sp³-hybridized carbons (Fsp3) is 0.368. The van der Waals surface area contributed by atoms with Crippen LogP contribution in [-0.2, 0) is 11.3 Å². The predicted molar refractivity (Wildman–Crippen MR) is 115 cm³/mol. The number of carbonyl (C=O) groups is 2. The van der Waals surface area contributed by atoms with Gasteiger partial charge in [-0.05, 0) is 47.0 Å². The van der Waals surface area contributed by atoms with Crippen molar-refractivity contribution in [2.24, 2.45) is 11.1 Å². The van der Waals surface area contributed by atoms with Crippen molar-refractivity contribution in [2.45, 2.75) is 19.4 Å². The largest absolute Gasteiger partial charge is 0.409 e. The third-order valence-corrected chi connectivity index (χ3v) is 5.49. The third kappa shape index (κ3) is 5.79. The summed E-state index contributed by atoms with van der Waals surface area (Å²) >= 11 is 3.06. The number of aliphatic hydroxyl groups excluding tert-OH is 1. The highest BCUT2D eigenvalue weighted by Crippen LogP contribution is 2.23. The van der Waals surface area contributed by atoms with E-state index in [2.05, 4.69) is 36.8 Å². The van der Waals surface area contributed by atoms with Crippen molar-refractivity contribution in [3.63, 3.8) is 0 Å². The highest BCUT2D eigenvalue weighted by Gasteiger charge is 2.30. The number of aromatic nitrogens is 2. The number of halogens is 2. The highest BCUT2D eigenvalue weighted by atomic mass is 79.9. The number of nitrogens with one attached hydrogen (secondary N) is 2. The number of hydrogen-bond acceptors (Lipinski definition) is 6. The molecule has 1 aliphatic heterocycles. The van der Waals surface area contributed by atoms with Gasteiger partial charge < -0.3 is 25.8 Å². The molecule has 12 heteroatoms. The number of amides is 2. The average Bonchev–Trinajstić information content (AvgIpc) is 3.21. The van der Waals surface area contributed by atoms with Gasteiger partial charge in [0.15, 0.2) is 0 Å². The van der Waals surface area contributed by atoms with Crippen LogP contribution in [0.3, 0.4) is 0 Å². The van der Waals surface area contributed by atoms with Gasteiger partial charge in [0.25, 0.3) is 0 Å². The molecular weight excluding hydrogens is 475 g/mol. The van der Waals surface area contributed by atoms with Gasteiger partial charge in [-0.2, -0.15) is 5.10 Å². The van der Waals surface area contributed by atoms with Crippen LogP contribution >= 0.6 is 15.9 Å². The molecule has 0 radical (unpaired) electrons. The number of aliphatic hydroxyl groups is 1. The van der Waals surface area contributed by atoms with Gasteiger partial charge in [-0.15, -0.1) is 0 Å². The smallest absolute Gasteiger partial charge is 0.321 e. The number of carbonyl (C=O) groups excluding carboxylic acids is 2. The van der Waals surface area contributed by atoms with E-state index in [1.54, 1.807) is 11.1 Å². The lowest BCUT2D eigenvalue weighted by Crippen LogP contribution is -2.44. The second-order valence-electron chi connectivity index (χ2n) is 6.97. The van der Waals surface area contributed by atoms with Gasteiger partial charge in [0.05, 0.1) is 29.5 Å². The lowest BCUT2D eigenvalue weighted by atomic mass is 9.92. The zero-order chi connectivity index (χ0) is 22.4. The molecule has 0 aliphatic carbocycles. The zero-order valence-electron chi connectivity index (χ0n) is 16.5. The van der Waals surface area contributed by atoms with Crippen molar-refractivity contribution in [1.29, 1.82) is 0 Å². The number of anilines is 2. The van der Waals surface area contributed by atoms with Crippen LogP contribution in [0.1, 0.15) is 12.8 Å². The van der Waals surface area contributed by atoms with Crippen LogP contribution in [0, 0.1) is 11.7 Å². The molecule has 0 bridgehead atoms. The number of benzene rings is 1. The van der Waals surface area contributed by atoms with Gasteiger partial charge in [0, 0.05) is 30.9 Å². The number of nitrogens with zero attached hydrogens (tertiary/aromatic N) is 4. The minimum atomic E-state index is -0.453. The fourth-order valence-corrected chi connectivity index (χ4v) is 3.62. The lowest BCUT2D eigenvalue weighted by Gasteiger charge is -2.31. The summed E-state index contributed by atoms with van der Waals surface area (Å²) in [5.74, 6) is -1.49. The Hall–Kier alpha value is -2.99. The molecule has 2 amide bonds. The minimum Gasteiger partial charge on any atom is -0.409 e. The molecule has 31 heavy (non-hydrogen) atoms. The van der Waals surface area contributed by atoms with Crippen LogP contribution in [0.15, 0.2) is 40.2 Å². The van der Waals surface area contributed by atoms with E-state index in [0.717, 1.165) is 0 Å². The first-order valence-electron chi connectivity index (χ1n) is 9.59. The number of Topliss-reactive ketones (excluding diaryl/α,β-unsaturated/α-hetero) is 1. The molecule has 1 aliphatic rings. The third-order valence-electron chi connectivity index (χ3n) is 4.88. The van der Waals surface area contributed by atoms with Gasteiger partial charge in [-0.1, -0.05) is 5.16 Å². The maximum Gasteiger partial charge on any atom is 0.321 e. The summed E-state index contributed by atoms with van der Waals surface area (Å²) in [6.45, 7) is 0.992. The maximum atomic E-state index is 13.4. The topological polar surface area (TPSA) is 132 Å². The summed E-state index contributed by atoms with van der Waals surface area (Å²) in [5.41, 5.74) is 0.911. The molecule has 4 N–H and O–H groups in total. The van der Waals surface area contributed by atoms with E-state index < -0.39 is 11.7 Å². The van der Waals surface area contributed by atoms with E-state index in [1.807, 2.05) is 0 Å². The van der Waals surface area contributed by atoms with Crippen molar-refractivity contribution in [3.8, 4) is 0 Å². The van der Waals surface area contributed by atoms with Crippen LogP contribution in [-0.4, -0.2) is 62.3 Å². The molecule has 2 aromatic rings. The van der Waals surface area contributed by atoms with Gasteiger partial charge in [-0.3, -0.25) is 9.48 Å². The summed E-state index contributed by atoms with van der Waals surface area (Å²) in [4.78, 5) is 26.8. The Morgan fingerprint density at radius 2 is 2.00 bits per heavy atom. The first-order valence-corrected chi connectivity index (χ1v) is 10.4. The standard InChI is InChI=1S/C19H22BrFN6O4/c20-15-9-13(1-2-16(15)21)23-18(25-31)17(29)12-3-5-26(6-4-12)19(30)24-14-10-22-27(11-14)7-8-28/h1-2,9-12,28,31H,3-8H2,(H,23,25)(H,24,30). The second kappa shape index (κ2) is 10.4. The molecule has 1 aromatic carbocycles. The molecule has 1 fully saturated rings. The Balaban J connectivity index is 1.53. The summed E-state index contributed by atoms with van der Waals surface area (Å²) < 4.78 is 15.1. The second-order valence-corrected chi connectivity index (χ2v) is 7.83. The molecule has 3 rings (SSSR count). The normalized spacial score (nSPS) is 15.1. The molecule has 10 nitrogen and oxygen atoms in total. The summed E-state index contributed by atoms with van der Waals surface area (Å²) in [5, 5.41) is 30.7. The Labute approximate surface area is 185 Å². The van der Waals surface area contributed by atoms with Crippen molar-refractivity contribution in [2.75, 3.05) is 30.3 Å². The van der Waals surface area contributed by atoms with Crippen molar-refractivity contribution in [3.05, 3.63) is 40.9 Å². The molecule has 2 heterocycles. The monoisotopic (exact) mass is 496 g/mol. The zero-order valence-corrected chi connectivity index (χ0v) is 18.0. The molecule has 166 valence electrons. The fourth-order valence-electron chi connectivity index (χ4n) is 3.24. The molecule has 1 aromatic heterocycles. The van der Waals surface area contributed by atoms with E-state index in [1.165, 1.54) is 29.1 Å². The van der Waals surface area contributed by atoms with Gasteiger partial charge in [0.2, 0.25) is 11.6 Å². The van der Waals surface area contributed by atoms with Gasteiger partial charge in [0.1, 0.15) is 5.82 Å². The highest BCUT2D eigenvalue weighted by molar-refractivity contribution is 9.10. The van der Waals surface area contributed by atoms with E-state index in [0.29, 0.717) is 43.9 Å². The Morgan fingerprint density at radius 1 is 1.26 bits per heavy atom. The van der Waals surface area contributed by atoms with Gasteiger partial charge in [-0.25, -0.2) is 9.18 Å². The minimum absolute atomic E-state index is 0.0525. The van der Waals surface area contributed by atoms with E-state index in [-0.39, 0.29) is 28.7 Å². The van der Waals surface area contributed by atoms with E-state index in [9.17, 15) is 19.2 Å². The average molecular weight is 497 g/mol. The number of piperidine rings is 1. The molecule has 0 unspecified atom stereocenters. The number of likely N-dealkylation sites (tertiary alicyclic amines) is 1. The summed E-state index contributed by atoms with van der Waals surface area (Å²) in [7, 11) is 0. The summed E-state index contributed by atoms with van der Waals surface area (Å²) in [6.07, 6.45) is 3.93. The number of rotatable bonds is 6. The van der Waals surface area contributed by atoms with Gasteiger partial charge >= 0.3 is 6.03 Å². The van der Waals surface area contributed by atoms with Crippen LogP contribution in [0.5, 0.6) is 0 Å². The number of amidine groups is 1. The SMILES string of the molecule is O=C(/C(=N/O)Nc1ccc(F)c(Br)c1)C1CCN(C(=O)Nc2cnn(CCO)c2)CC1. The van der Waals surface area contributed by atoms with E-state index >= 15 is 0 Å². The van der Waals surface area contributed by atoms with E-state index in [4.69, 9.17) is 5.11 Å². The number of hydrogen-bond donors (Lipinski definition) is 4. The number of urea groups is 1. The van der Waals surface area contributed by atoms with Crippen LogP contribution in [0.4, 0.5) is 20.6 Å². The first kappa shape index (κ1) is 22.7. The van der Waals surface area contributed by atoms with Crippen molar-refractivity contribution in [1.82, 2.24) is 14.7 Å². The molecule has 0 spiro atoms. The van der Waals surface area contributed by atoms with Crippen LogP contribution in [0.2, 0.25) is 0 Å². The van der Waals surface area contributed by atoms with Crippen molar-refractivity contribution >= 4 is 45.0 Å². The van der Waals surface area contributed by atoms with Crippen LogP contribution in [0.25, 0.3) is 0 Å². The predicted octanol–water partition coefficient (Wildman–Crippen LogP) is 2.49. The molecule has 0 saturated carbocycles. The quantitative estimate of drug-likeness (QED) is 0.210. The van der Waals surface area contributed by atoms with Crippen LogP contribution < -0.4 is 10.6 Å². The molecule has 1 saturated heterocycles. The Kier molecular flexibility index (Phi) is 7.58. The lowest BCUT2D eigenvalue weighted by molar-refractivity contribution is -0.117. The Bertz CT molecular complexity index is 974. The number of ketones is 1. The Morgan fingerprint density at radius 3 is 2.65 bits per heavy atom. The maximum absolute atomic E-state index is 13.4. The van der Waals surface area contributed by atoms with Crippen molar-refractivity contribution < 1.29 is 24.3 Å². The molecule has 0 atom stereocenters. The number of oxime groups is 1. The molecular formula is C19H22BrFN6O4.